The Labute approximate surface area is 157 Å². The van der Waals surface area contributed by atoms with Crippen LogP contribution in [0.2, 0.25) is 5.02 Å². The van der Waals surface area contributed by atoms with E-state index in [1.165, 1.54) is 0 Å². The highest BCUT2D eigenvalue weighted by molar-refractivity contribution is 7.91. The number of hydrogen-bond donors (Lipinski definition) is 1. The minimum atomic E-state index is -3.01. The number of carbonyl (C=O) groups excluding carboxylic acids is 1. The molecule has 4 rings (SSSR count). The zero-order valence-electron chi connectivity index (χ0n) is 14.4. The Bertz CT molecular complexity index is 980. The second kappa shape index (κ2) is 6.39. The lowest BCUT2D eigenvalue weighted by atomic mass is 10.2. The van der Waals surface area contributed by atoms with E-state index in [0.29, 0.717) is 28.7 Å². The minimum absolute atomic E-state index is 0.100. The number of carbonyl (C=O) groups is 1. The van der Waals surface area contributed by atoms with Crippen molar-refractivity contribution in [2.45, 2.75) is 38.1 Å². The van der Waals surface area contributed by atoms with Gasteiger partial charge in [0.05, 0.1) is 17.5 Å². The normalized spacial score (nSPS) is 21.7. The van der Waals surface area contributed by atoms with Gasteiger partial charge >= 0.3 is 0 Å². The molecule has 2 aliphatic rings. The summed E-state index contributed by atoms with van der Waals surface area (Å²) in [7, 11) is -3.01. The van der Waals surface area contributed by atoms with Gasteiger partial charge in [0.1, 0.15) is 0 Å². The monoisotopic (exact) mass is 393 g/mol. The first-order valence-corrected chi connectivity index (χ1v) is 10.9. The van der Waals surface area contributed by atoms with Gasteiger partial charge in [0.2, 0.25) is 0 Å². The molecule has 0 spiro atoms. The average molecular weight is 394 g/mol. The minimum Gasteiger partial charge on any atom is -0.321 e. The van der Waals surface area contributed by atoms with E-state index in [1.807, 2.05) is 13.0 Å². The van der Waals surface area contributed by atoms with Crippen LogP contribution in [0.15, 0.2) is 24.3 Å². The topological polar surface area (TPSA) is 81.1 Å². The quantitative estimate of drug-likeness (QED) is 0.863. The molecule has 2 heterocycles. The van der Waals surface area contributed by atoms with E-state index >= 15 is 0 Å². The predicted molar refractivity (Wildman–Crippen MR) is 101 cm³/mol. The lowest BCUT2D eigenvalue weighted by Gasteiger charge is -2.12. The summed E-state index contributed by atoms with van der Waals surface area (Å²) in [6, 6.07) is 6.97. The zero-order valence-corrected chi connectivity index (χ0v) is 16.0. The molecular weight excluding hydrogens is 374 g/mol. The fourth-order valence-corrected chi connectivity index (χ4v) is 5.20. The van der Waals surface area contributed by atoms with Crippen LogP contribution in [0.25, 0.3) is 0 Å². The van der Waals surface area contributed by atoms with E-state index in [4.69, 9.17) is 11.6 Å². The van der Waals surface area contributed by atoms with Gasteiger partial charge in [-0.1, -0.05) is 17.7 Å². The molecule has 0 bridgehead atoms. The highest BCUT2D eigenvalue weighted by atomic mass is 35.5. The maximum absolute atomic E-state index is 12.6. The third-order valence-electron chi connectivity index (χ3n) is 4.98. The van der Waals surface area contributed by atoms with Gasteiger partial charge in [0, 0.05) is 22.3 Å². The highest BCUT2D eigenvalue weighted by Gasteiger charge is 2.36. The molecule has 1 saturated carbocycles. The first-order chi connectivity index (χ1) is 12.3. The first-order valence-electron chi connectivity index (χ1n) is 8.70. The van der Waals surface area contributed by atoms with E-state index in [9.17, 15) is 13.2 Å². The molecule has 1 aliphatic carbocycles. The van der Waals surface area contributed by atoms with Crippen LogP contribution in [0, 0.1) is 6.92 Å². The Hall–Kier alpha value is -1.86. The van der Waals surface area contributed by atoms with Crippen LogP contribution in [0.4, 0.5) is 5.69 Å². The highest BCUT2D eigenvalue weighted by Crippen LogP contribution is 2.42. The van der Waals surface area contributed by atoms with Crippen molar-refractivity contribution in [3.05, 3.63) is 46.2 Å². The summed E-state index contributed by atoms with van der Waals surface area (Å²) in [5.41, 5.74) is 2.83. The van der Waals surface area contributed by atoms with Crippen molar-refractivity contribution in [1.82, 2.24) is 9.78 Å². The molecule has 2 fully saturated rings. The molecule has 2 aromatic rings. The number of rotatable bonds is 4. The van der Waals surface area contributed by atoms with Crippen molar-refractivity contribution in [2.24, 2.45) is 0 Å². The molecule has 1 aromatic heterocycles. The molecule has 1 unspecified atom stereocenters. The number of nitrogens with one attached hydrogen (secondary N) is 1. The van der Waals surface area contributed by atoms with Crippen LogP contribution in [-0.4, -0.2) is 35.6 Å². The summed E-state index contributed by atoms with van der Waals surface area (Å²) < 4.78 is 25.4. The second-order valence-corrected chi connectivity index (χ2v) is 9.78. The Morgan fingerprint density at radius 1 is 1.27 bits per heavy atom. The van der Waals surface area contributed by atoms with Gasteiger partial charge in [0.15, 0.2) is 15.5 Å². The van der Waals surface area contributed by atoms with Gasteiger partial charge in [0.25, 0.3) is 5.91 Å². The first kappa shape index (κ1) is 17.5. The van der Waals surface area contributed by atoms with Gasteiger partial charge in [-0.3, -0.25) is 9.48 Å². The Kier molecular flexibility index (Phi) is 4.31. The number of nitrogens with zero attached hydrogens (tertiary/aromatic N) is 2. The smallest absolute Gasteiger partial charge is 0.276 e. The molecule has 138 valence electrons. The molecule has 1 aliphatic heterocycles. The molecule has 1 amide bonds. The third kappa shape index (κ3) is 3.50. The number of benzene rings is 1. The summed E-state index contributed by atoms with van der Waals surface area (Å²) in [6.07, 6.45) is 2.66. The summed E-state index contributed by atoms with van der Waals surface area (Å²) >= 11 is 6.11. The number of aromatic nitrogens is 2. The second-order valence-electron chi connectivity index (χ2n) is 7.15. The van der Waals surface area contributed by atoms with Gasteiger partial charge in [-0.05, 0) is 49.9 Å². The van der Waals surface area contributed by atoms with Crippen molar-refractivity contribution in [1.29, 1.82) is 0 Å². The van der Waals surface area contributed by atoms with E-state index in [0.717, 1.165) is 24.1 Å². The summed E-state index contributed by atoms with van der Waals surface area (Å²) in [6.45, 7) is 1.90. The zero-order chi connectivity index (χ0) is 18.5. The van der Waals surface area contributed by atoms with Gasteiger partial charge < -0.3 is 5.32 Å². The summed E-state index contributed by atoms with van der Waals surface area (Å²) in [5, 5.41) is 7.86. The maximum atomic E-state index is 12.6. The lowest BCUT2D eigenvalue weighted by Crippen LogP contribution is -2.17. The average Bonchev–Trinajstić information content (AvgIpc) is 3.22. The summed E-state index contributed by atoms with van der Waals surface area (Å²) in [4.78, 5) is 12.6. The van der Waals surface area contributed by atoms with Gasteiger partial charge in [-0.15, -0.1) is 0 Å². The SMILES string of the molecule is Cc1ccc(NC(=O)c2cc(C3CC3)n(C3CCS(=O)(=O)C3)n2)cc1Cl. The summed E-state index contributed by atoms with van der Waals surface area (Å²) in [5.74, 6) is 0.348. The van der Waals surface area contributed by atoms with Crippen molar-refractivity contribution in [2.75, 3.05) is 16.8 Å². The number of aryl methyl sites for hydroxylation is 1. The maximum Gasteiger partial charge on any atom is 0.276 e. The molecule has 1 N–H and O–H groups in total. The molecule has 6 nitrogen and oxygen atoms in total. The van der Waals surface area contributed by atoms with Crippen LogP contribution in [0.5, 0.6) is 0 Å². The molecule has 8 heteroatoms. The molecule has 0 radical (unpaired) electrons. The number of hydrogen-bond acceptors (Lipinski definition) is 4. The molecule has 26 heavy (non-hydrogen) atoms. The largest absolute Gasteiger partial charge is 0.321 e. The lowest BCUT2D eigenvalue weighted by molar-refractivity contribution is 0.102. The van der Waals surface area contributed by atoms with Crippen molar-refractivity contribution < 1.29 is 13.2 Å². The number of halogens is 1. The van der Waals surface area contributed by atoms with Crippen LogP contribution in [0.1, 0.15) is 53.0 Å². The van der Waals surface area contributed by atoms with Gasteiger partial charge in [-0.25, -0.2) is 8.42 Å². The van der Waals surface area contributed by atoms with Crippen LogP contribution >= 0.6 is 11.6 Å². The molecule has 1 aromatic carbocycles. The number of anilines is 1. The van der Waals surface area contributed by atoms with E-state index in [1.54, 1.807) is 22.9 Å². The molecule has 1 saturated heterocycles. The van der Waals surface area contributed by atoms with Crippen LogP contribution in [-0.2, 0) is 9.84 Å². The fourth-order valence-electron chi connectivity index (χ4n) is 3.33. The molecule has 1 atom stereocenters. The van der Waals surface area contributed by atoms with Crippen molar-refractivity contribution in [3.63, 3.8) is 0 Å². The van der Waals surface area contributed by atoms with Gasteiger partial charge in [-0.2, -0.15) is 5.10 Å². The van der Waals surface area contributed by atoms with E-state index in [2.05, 4.69) is 10.4 Å². The predicted octanol–water partition coefficient (Wildman–Crippen LogP) is 3.33. The van der Waals surface area contributed by atoms with Crippen molar-refractivity contribution >= 4 is 33.0 Å². The standard InChI is InChI=1S/C18H20ClN3O3S/c1-11-2-5-13(8-15(11)19)20-18(23)16-9-17(12-3-4-12)22(21-16)14-6-7-26(24,25)10-14/h2,5,8-9,12,14H,3-4,6-7,10H2,1H3,(H,20,23). The Balaban J connectivity index is 1.59. The van der Waals surface area contributed by atoms with E-state index < -0.39 is 9.84 Å². The van der Waals surface area contributed by atoms with Crippen LogP contribution in [0.3, 0.4) is 0 Å². The number of sulfone groups is 1. The van der Waals surface area contributed by atoms with Crippen molar-refractivity contribution in [3.8, 4) is 0 Å². The van der Waals surface area contributed by atoms with Crippen LogP contribution < -0.4 is 5.32 Å². The third-order valence-corrected chi connectivity index (χ3v) is 7.13. The Morgan fingerprint density at radius 3 is 2.65 bits per heavy atom. The molecular formula is C18H20ClN3O3S. The Morgan fingerprint density at radius 2 is 2.04 bits per heavy atom. The van der Waals surface area contributed by atoms with E-state index in [-0.39, 0.29) is 23.5 Å². The fraction of sp³-hybridized carbons (Fsp3) is 0.444. The number of amides is 1.